The number of carbonyl (C=O) groups is 1. The number of hydrogen-bond donors (Lipinski definition) is 3. The third-order valence-corrected chi connectivity index (χ3v) is 5.08. The van der Waals surface area contributed by atoms with Crippen LogP contribution in [0.3, 0.4) is 0 Å². The van der Waals surface area contributed by atoms with E-state index in [0.29, 0.717) is 24.5 Å². The molecule has 0 bridgehead atoms. The standard InChI is InChI=1S/C19H20N8O2/c1-20-16-6-14(24-18-15(7-23-27(16)18)25-19(28)21-2)13-8-26(11-9-29-10-11)17-12(13)4-3-5-22-17/h3-8,11,20H,9-10H2,1-2H3,(H2,21,25,28). The number of ether oxygens (including phenoxy) is 1. The molecule has 4 aromatic heterocycles. The number of nitrogens with zero attached hydrogens (tertiary/aromatic N) is 5. The molecule has 10 heteroatoms. The van der Waals surface area contributed by atoms with Gasteiger partial charge in [0.05, 0.1) is 31.1 Å². The first-order valence-corrected chi connectivity index (χ1v) is 9.28. The fourth-order valence-electron chi connectivity index (χ4n) is 3.50. The van der Waals surface area contributed by atoms with Gasteiger partial charge in [-0.15, -0.1) is 0 Å². The zero-order valence-corrected chi connectivity index (χ0v) is 16.0. The first-order chi connectivity index (χ1) is 14.2. The quantitative estimate of drug-likeness (QED) is 0.491. The van der Waals surface area contributed by atoms with E-state index in [1.165, 1.54) is 0 Å². The molecule has 2 amide bonds. The molecule has 0 atom stereocenters. The minimum atomic E-state index is -0.330. The maximum atomic E-state index is 11.8. The van der Waals surface area contributed by atoms with Gasteiger partial charge in [0, 0.05) is 43.5 Å². The average molecular weight is 392 g/mol. The molecule has 0 aromatic carbocycles. The third kappa shape index (κ3) is 2.76. The second-order valence-electron chi connectivity index (χ2n) is 6.79. The Bertz CT molecular complexity index is 1220. The van der Waals surface area contributed by atoms with Gasteiger partial charge in [-0.2, -0.15) is 9.61 Å². The van der Waals surface area contributed by atoms with Gasteiger partial charge in [-0.05, 0) is 12.1 Å². The Labute approximate surface area is 165 Å². The lowest BCUT2D eigenvalue weighted by Crippen LogP contribution is -2.30. The van der Waals surface area contributed by atoms with E-state index in [1.807, 2.05) is 25.2 Å². The van der Waals surface area contributed by atoms with Gasteiger partial charge in [-0.3, -0.25) is 0 Å². The lowest BCUT2D eigenvalue weighted by molar-refractivity contribution is -0.0215. The van der Waals surface area contributed by atoms with Gasteiger partial charge in [0.25, 0.3) is 0 Å². The minimum absolute atomic E-state index is 0.272. The molecule has 10 nitrogen and oxygen atoms in total. The molecule has 0 unspecified atom stereocenters. The van der Waals surface area contributed by atoms with Crippen LogP contribution in [-0.4, -0.2) is 57.5 Å². The number of hydrogen-bond acceptors (Lipinski definition) is 6. The van der Waals surface area contributed by atoms with Crippen LogP contribution in [0, 0.1) is 0 Å². The van der Waals surface area contributed by atoms with Crippen molar-refractivity contribution < 1.29 is 9.53 Å². The van der Waals surface area contributed by atoms with Gasteiger partial charge >= 0.3 is 6.03 Å². The number of fused-ring (bicyclic) bond motifs is 2. The zero-order chi connectivity index (χ0) is 20.0. The van der Waals surface area contributed by atoms with Crippen molar-refractivity contribution in [3.8, 4) is 11.3 Å². The number of pyridine rings is 1. The molecular formula is C19H20N8O2. The molecule has 1 fully saturated rings. The third-order valence-electron chi connectivity index (χ3n) is 5.08. The first-order valence-electron chi connectivity index (χ1n) is 9.28. The van der Waals surface area contributed by atoms with Crippen molar-refractivity contribution in [2.75, 3.05) is 37.9 Å². The van der Waals surface area contributed by atoms with Crippen LogP contribution in [0.1, 0.15) is 6.04 Å². The van der Waals surface area contributed by atoms with E-state index >= 15 is 0 Å². The van der Waals surface area contributed by atoms with Crippen molar-refractivity contribution in [3.63, 3.8) is 0 Å². The number of amides is 2. The second kappa shape index (κ2) is 6.74. The predicted molar refractivity (Wildman–Crippen MR) is 109 cm³/mol. The summed E-state index contributed by atoms with van der Waals surface area (Å²) >= 11 is 0. The molecule has 1 aliphatic heterocycles. The summed E-state index contributed by atoms with van der Waals surface area (Å²) in [6.07, 6.45) is 5.45. The van der Waals surface area contributed by atoms with Gasteiger partial charge in [-0.25, -0.2) is 14.8 Å². The Balaban J connectivity index is 1.71. The van der Waals surface area contributed by atoms with Crippen molar-refractivity contribution in [2.45, 2.75) is 6.04 Å². The fraction of sp³-hybridized carbons (Fsp3) is 0.263. The Hall–Kier alpha value is -3.66. The number of nitrogens with one attached hydrogen (secondary N) is 3. The summed E-state index contributed by atoms with van der Waals surface area (Å²) in [5.74, 6) is 0.756. The molecule has 5 heterocycles. The lowest BCUT2D eigenvalue weighted by Gasteiger charge is -2.27. The molecule has 0 spiro atoms. The Morgan fingerprint density at radius 2 is 2.14 bits per heavy atom. The molecule has 1 aliphatic rings. The van der Waals surface area contributed by atoms with Crippen LogP contribution < -0.4 is 16.0 Å². The Morgan fingerprint density at radius 1 is 1.28 bits per heavy atom. The highest BCUT2D eigenvalue weighted by Gasteiger charge is 2.25. The molecule has 0 aliphatic carbocycles. The van der Waals surface area contributed by atoms with E-state index in [0.717, 1.165) is 28.1 Å². The highest BCUT2D eigenvalue weighted by atomic mass is 16.5. The summed E-state index contributed by atoms with van der Waals surface area (Å²) in [5.41, 5.74) is 3.70. The van der Waals surface area contributed by atoms with Crippen LogP contribution in [0.25, 0.3) is 27.9 Å². The summed E-state index contributed by atoms with van der Waals surface area (Å²) in [6, 6.07) is 5.84. The maximum Gasteiger partial charge on any atom is 0.319 e. The van der Waals surface area contributed by atoms with Gasteiger partial charge in [0.2, 0.25) is 0 Å². The first kappa shape index (κ1) is 17.4. The summed E-state index contributed by atoms with van der Waals surface area (Å²) in [5, 5.41) is 13.8. The van der Waals surface area contributed by atoms with Gasteiger partial charge in [-0.1, -0.05) is 0 Å². The summed E-state index contributed by atoms with van der Waals surface area (Å²) in [4.78, 5) is 21.2. The molecule has 5 rings (SSSR count). The molecule has 3 N–H and O–H groups in total. The Morgan fingerprint density at radius 3 is 2.86 bits per heavy atom. The van der Waals surface area contributed by atoms with E-state index in [9.17, 15) is 4.79 Å². The van der Waals surface area contributed by atoms with Crippen molar-refractivity contribution in [2.24, 2.45) is 0 Å². The monoisotopic (exact) mass is 392 g/mol. The number of urea groups is 1. The SMILES string of the molecule is CNC(=O)Nc1cnn2c(NC)cc(-c3cn(C4COC4)c4ncccc34)nc12. The van der Waals surface area contributed by atoms with Crippen LogP contribution in [0.2, 0.25) is 0 Å². The van der Waals surface area contributed by atoms with Crippen LogP contribution in [0.15, 0.2) is 36.8 Å². The number of anilines is 2. The average Bonchev–Trinajstić information content (AvgIpc) is 3.28. The number of carbonyl (C=O) groups excluding carboxylic acids is 1. The van der Waals surface area contributed by atoms with Crippen LogP contribution in [-0.2, 0) is 4.74 Å². The summed E-state index contributed by atoms with van der Waals surface area (Å²) in [7, 11) is 3.38. The van der Waals surface area contributed by atoms with Crippen LogP contribution in [0.5, 0.6) is 0 Å². The minimum Gasteiger partial charge on any atom is -0.377 e. The van der Waals surface area contributed by atoms with E-state index in [4.69, 9.17) is 9.72 Å². The molecule has 148 valence electrons. The molecule has 0 saturated carbocycles. The van der Waals surface area contributed by atoms with Gasteiger partial charge in [0.1, 0.15) is 17.2 Å². The second-order valence-corrected chi connectivity index (χ2v) is 6.79. The Kier molecular flexibility index (Phi) is 4.06. The fourth-order valence-corrected chi connectivity index (χ4v) is 3.50. The number of rotatable bonds is 4. The maximum absolute atomic E-state index is 11.8. The zero-order valence-electron chi connectivity index (χ0n) is 16.0. The van der Waals surface area contributed by atoms with E-state index in [2.05, 4.69) is 36.8 Å². The largest absolute Gasteiger partial charge is 0.377 e. The molecule has 29 heavy (non-hydrogen) atoms. The lowest BCUT2D eigenvalue weighted by atomic mass is 10.1. The van der Waals surface area contributed by atoms with E-state index < -0.39 is 0 Å². The molecular weight excluding hydrogens is 372 g/mol. The van der Waals surface area contributed by atoms with Crippen LogP contribution in [0.4, 0.5) is 16.3 Å². The highest BCUT2D eigenvalue weighted by molar-refractivity contribution is 5.96. The van der Waals surface area contributed by atoms with Crippen LogP contribution >= 0.6 is 0 Å². The molecule has 1 saturated heterocycles. The van der Waals surface area contributed by atoms with Crippen molar-refractivity contribution in [3.05, 3.63) is 36.8 Å². The van der Waals surface area contributed by atoms with Crippen molar-refractivity contribution in [1.29, 1.82) is 0 Å². The molecule has 0 radical (unpaired) electrons. The van der Waals surface area contributed by atoms with Crippen molar-refractivity contribution >= 4 is 34.2 Å². The van der Waals surface area contributed by atoms with Gasteiger partial charge < -0.3 is 25.3 Å². The topological polar surface area (TPSA) is 110 Å². The van der Waals surface area contributed by atoms with Gasteiger partial charge in [0.15, 0.2) is 5.65 Å². The molecule has 4 aromatic rings. The summed E-state index contributed by atoms with van der Waals surface area (Å²) in [6.45, 7) is 1.35. The highest BCUT2D eigenvalue weighted by Crippen LogP contribution is 2.34. The van der Waals surface area contributed by atoms with Crippen molar-refractivity contribution in [1.82, 2.24) is 29.5 Å². The smallest absolute Gasteiger partial charge is 0.319 e. The van der Waals surface area contributed by atoms with E-state index in [1.54, 1.807) is 24.0 Å². The number of aromatic nitrogens is 5. The van der Waals surface area contributed by atoms with E-state index in [-0.39, 0.29) is 12.1 Å². The predicted octanol–water partition coefficient (Wildman–Crippen LogP) is 2.11. The normalized spacial score (nSPS) is 14.1. The summed E-state index contributed by atoms with van der Waals surface area (Å²) < 4.78 is 9.18.